The number of terminal acetylenes is 1. The standard InChI is InChI=1S/C16H20O2/c1-3-5-6-13-10-14-7-9-18-16(14)15(11-13)12-17-8-4-2/h2,10-11H,3,5-9,12H2,1H3. The summed E-state index contributed by atoms with van der Waals surface area (Å²) in [5.74, 6) is 3.51. The molecule has 1 aromatic carbocycles. The smallest absolute Gasteiger partial charge is 0.128 e. The minimum Gasteiger partial charge on any atom is -0.493 e. The Kier molecular flexibility index (Phi) is 4.66. The van der Waals surface area contributed by atoms with Gasteiger partial charge < -0.3 is 9.47 Å². The predicted octanol–water partition coefficient (Wildman–Crippen LogP) is 3.11. The van der Waals surface area contributed by atoms with Gasteiger partial charge in [-0.3, -0.25) is 0 Å². The highest BCUT2D eigenvalue weighted by molar-refractivity contribution is 5.46. The topological polar surface area (TPSA) is 18.5 Å². The summed E-state index contributed by atoms with van der Waals surface area (Å²) in [6, 6.07) is 4.49. The summed E-state index contributed by atoms with van der Waals surface area (Å²) in [4.78, 5) is 0. The first-order valence-electron chi connectivity index (χ1n) is 6.63. The summed E-state index contributed by atoms with van der Waals surface area (Å²) >= 11 is 0. The van der Waals surface area contributed by atoms with E-state index >= 15 is 0 Å². The Balaban J connectivity index is 2.15. The van der Waals surface area contributed by atoms with Crippen LogP contribution >= 0.6 is 0 Å². The van der Waals surface area contributed by atoms with Crippen molar-refractivity contribution in [2.75, 3.05) is 13.2 Å². The SMILES string of the molecule is C#CCOCc1cc(CCCC)cc2c1OCC2. The Morgan fingerprint density at radius 2 is 2.33 bits per heavy atom. The summed E-state index contributed by atoms with van der Waals surface area (Å²) in [6.07, 6.45) is 9.78. The molecule has 0 saturated heterocycles. The maximum atomic E-state index is 5.69. The Morgan fingerprint density at radius 3 is 3.11 bits per heavy atom. The Hall–Kier alpha value is -1.46. The normalized spacial score (nSPS) is 12.9. The van der Waals surface area contributed by atoms with Crippen molar-refractivity contribution in [1.82, 2.24) is 0 Å². The van der Waals surface area contributed by atoms with E-state index in [1.807, 2.05) is 0 Å². The number of aryl methyl sites for hydroxylation is 1. The van der Waals surface area contributed by atoms with Crippen molar-refractivity contribution in [2.45, 2.75) is 39.2 Å². The zero-order valence-corrected chi connectivity index (χ0v) is 11.0. The average molecular weight is 244 g/mol. The van der Waals surface area contributed by atoms with Crippen LogP contribution in [0.4, 0.5) is 0 Å². The molecular weight excluding hydrogens is 224 g/mol. The predicted molar refractivity (Wildman–Crippen MR) is 72.7 cm³/mol. The van der Waals surface area contributed by atoms with Crippen LogP contribution in [0.2, 0.25) is 0 Å². The van der Waals surface area contributed by atoms with Crippen LogP contribution in [0.5, 0.6) is 5.75 Å². The van der Waals surface area contributed by atoms with Crippen molar-refractivity contribution in [3.8, 4) is 18.1 Å². The molecule has 0 aliphatic carbocycles. The third-order valence-corrected chi connectivity index (χ3v) is 3.18. The molecule has 1 aromatic rings. The van der Waals surface area contributed by atoms with Crippen LogP contribution in [-0.4, -0.2) is 13.2 Å². The van der Waals surface area contributed by atoms with E-state index in [1.165, 1.54) is 24.0 Å². The molecule has 2 rings (SSSR count). The largest absolute Gasteiger partial charge is 0.493 e. The minimum atomic E-state index is 0.355. The quantitative estimate of drug-likeness (QED) is 0.565. The summed E-state index contributed by atoms with van der Waals surface area (Å²) < 4.78 is 11.1. The van der Waals surface area contributed by atoms with E-state index in [1.54, 1.807) is 0 Å². The third kappa shape index (κ3) is 3.05. The fraction of sp³-hybridized carbons (Fsp3) is 0.500. The summed E-state index contributed by atoms with van der Waals surface area (Å²) in [7, 11) is 0. The van der Waals surface area contributed by atoms with Gasteiger partial charge in [0.2, 0.25) is 0 Å². The van der Waals surface area contributed by atoms with Crippen molar-refractivity contribution in [3.05, 3.63) is 28.8 Å². The lowest BCUT2D eigenvalue weighted by atomic mass is 10.00. The van der Waals surface area contributed by atoms with Gasteiger partial charge in [0.05, 0.1) is 13.2 Å². The fourth-order valence-corrected chi connectivity index (χ4v) is 2.31. The molecule has 2 heteroatoms. The molecule has 0 amide bonds. The van der Waals surface area contributed by atoms with Crippen molar-refractivity contribution in [3.63, 3.8) is 0 Å². The van der Waals surface area contributed by atoms with Gasteiger partial charge in [-0.05, 0) is 30.0 Å². The highest BCUT2D eigenvalue weighted by Gasteiger charge is 2.17. The Bertz CT molecular complexity index is 443. The maximum Gasteiger partial charge on any atom is 0.128 e. The van der Waals surface area contributed by atoms with Crippen molar-refractivity contribution in [2.24, 2.45) is 0 Å². The zero-order chi connectivity index (χ0) is 12.8. The second-order valence-electron chi connectivity index (χ2n) is 4.64. The summed E-state index contributed by atoms with van der Waals surface area (Å²) in [5, 5.41) is 0. The lowest BCUT2D eigenvalue weighted by Gasteiger charge is -2.11. The molecule has 1 aliphatic rings. The average Bonchev–Trinajstić information content (AvgIpc) is 2.85. The van der Waals surface area contributed by atoms with Crippen LogP contribution in [0.1, 0.15) is 36.5 Å². The first kappa shape index (κ1) is 13.0. The second kappa shape index (κ2) is 6.47. The van der Waals surface area contributed by atoms with Crippen LogP contribution in [0, 0.1) is 12.3 Å². The lowest BCUT2D eigenvalue weighted by molar-refractivity contribution is 0.150. The Morgan fingerprint density at radius 1 is 1.44 bits per heavy atom. The van der Waals surface area contributed by atoms with E-state index in [0.717, 1.165) is 30.8 Å². The number of benzene rings is 1. The van der Waals surface area contributed by atoms with Crippen molar-refractivity contribution < 1.29 is 9.47 Å². The van der Waals surface area contributed by atoms with Crippen LogP contribution in [0.15, 0.2) is 12.1 Å². The van der Waals surface area contributed by atoms with Gasteiger partial charge in [0.25, 0.3) is 0 Å². The molecular formula is C16H20O2. The first-order chi connectivity index (χ1) is 8.85. The third-order valence-electron chi connectivity index (χ3n) is 3.18. The van der Waals surface area contributed by atoms with Gasteiger partial charge >= 0.3 is 0 Å². The van der Waals surface area contributed by atoms with Gasteiger partial charge in [-0.15, -0.1) is 6.42 Å². The highest BCUT2D eigenvalue weighted by atomic mass is 16.5. The second-order valence-corrected chi connectivity index (χ2v) is 4.64. The van der Waals surface area contributed by atoms with Gasteiger partial charge in [-0.1, -0.05) is 25.3 Å². The molecule has 1 aliphatic heterocycles. The van der Waals surface area contributed by atoms with Gasteiger partial charge in [-0.25, -0.2) is 0 Å². The van der Waals surface area contributed by atoms with E-state index in [-0.39, 0.29) is 0 Å². The van der Waals surface area contributed by atoms with Crippen molar-refractivity contribution >= 4 is 0 Å². The van der Waals surface area contributed by atoms with Crippen LogP contribution in [-0.2, 0) is 24.2 Å². The van der Waals surface area contributed by atoms with Crippen molar-refractivity contribution in [1.29, 1.82) is 0 Å². The summed E-state index contributed by atoms with van der Waals surface area (Å²) in [5.41, 5.74) is 3.86. The highest BCUT2D eigenvalue weighted by Crippen LogP contribution is 2.32. The molecule has 0 N–H and O–H groups in total. The van der Waals surface area contributed by atoms with Crippen LogP contribution in [0.25, 0.3) is 0 Å². The number of rotatable bonds is 6. The Labute approximate surface area is 109 Å². The number of fused-ring (bicyclic) bond motifs is 1. The number of unbranched alkanes of at least 4 members (excludes halogenated alkanes) is 1. The fourth-order valence-electron chi connectivity index (χ4n) is 2.31. The van der Waals surface area contributed by atoms with Gasteiger partial charge in [0, 0.05) is 12.0 Å². The molecule has 1 heterocycles. The molecule has 0 fully saturated rings. The molecule has 2 nitrogen and oxygen atoms in total. The molecule has 0 bridgehead atoms. The van der Waals surface area contributed by atoms with E-state index in [9.17, 15) is 0 Å². The van der Waals surface area contributed by atoms with Crippen LogP contribution in [0.3, 0.4) is 0 Å². The maximum absolute atomic E-state index is 5.69. The first-order valence-corrected chi connectivity index (χ1v) is 6.63. The molecule has 0 unspecified atom stereocenters. The van der Waals surface area contributed by atoms with E-state index in [0.29, 0.717) is 13.2 Å². The van der Waals surface area contributed by atoms with E-state index in [2.05, 4.69) is 25.0 Å². The van der Waals surface area contributed by atoms with Gasteiger partial charge in [0.15, 0.2) is 0 Å². The minimum absolute atomic E-state index is 0.355. The van der Waals surface area contributed by atoms with E-state index in [4.69, 9.17) is 15.9 Å². The lowest BCUT2D eigenvalue weighted by Crippen LogP contribution is -1.98. The number of ether oxygens (including phenoxy) is 2. The number of hydrogen-bond acceptors (Lipinski definition) is 2. The molecule has 0 radical (unpaired) electrons. The van der Waals surface area contributed by atoms with E-state index < -0.39 is 0 Å². The molecule has 0 aromatic heterocycles. The summed E-state index contributed by atoms with van der Waals surface area (Å²) in [6.45, 7) is 3.91. The molecule has 0 atom stereocenters. The monoisotopic (exact) mass is 244 g/mol. The zero-order valence-electron chi connectivity index (χ0n) is 11.0. The van der Waals surface area contributed by atoms with Gasteiger partial charge in [0.1, 0.15) is 12.4 Å². The molecule has 18 heavy (non-hydrogen) atoms. The van der Waals surface area contributed by atoms with Gasteiger partial charge in [-0.2, -0.15) is 0 Å². The number of hydrogen-bond donors (Lipinski definition) is 0. The molecule has 0 saturated carbocycles. The molecule has 0 spiro atoms. The van der Waals surface area contributed by atoms with Crippen LogP contribution < -0.4 is 4.74 Å². The molecule has 96 valence electrons.